The second-order valence-corrected chi connectivity index (χ2v) is 9.92. The van der Waals surface area contributed by atoms with Gasteiger partial charge in [-0.15, -0.1) is 0 Å². The Hall–Kier alpha value is -3.66. The highest BCUT2D eigenvalue weighted by Crippen LogP contribution is 2.47. The smallest absolute Gasteiger partial charge is 0.313 e. The van der Waals surface area contributed by atoms with Crippen molar-refractivity contribution in [2.45, 2.75) is 57.5 Å². The molecular weight excluding hydrogens is 450 g/mol. The van der Waals surface area contributed by atoms with Crippen LogP contribution in [0.1, 0.15) is 55.3 Å². The Morgan fingerprint density at radius 1 is 1.23 bits per heavy atom. The number of carbonyl (C=O) groups excluding carboxylic acids is 3. The highest BCUT2D eigenvalue weighted by Gasteiger charge is 2.55. The largest absolute Gasteiger partial charge is 0.475 e. The number of piperidine rings is 1. The predicted molar refractivity (Wildman–Crippen MR) is 126 cm³/mol. The number of aromatic nitrogens is 1. The van der Waals surface area contributed by atoms with Crippen LogP contribution >= 0.6 is 0 Å². The highest BCUT2D eigenvalue weighted by atomic mass is 16.5. The van der Waals surface area contributed by atoms with E-state index in [4.69, 9.17) is 15.2 Å². The molecule has 6 rings (SSSR count). The molecule has 1 spiro atoms. The average Bonchev–Trinajstić information content (AvgIpc) is 3.43. The molecule has 10 heteroatoms. The summed E-state index contributed by atoms with van der Waals surface area (Å²) in [5.74, 6) is -0.203. The third kappa shape index (κ3) is 3.68. The molecule has 35 heavy (non-hydrogen) atoms. The third-order valence-electron chi connectivity index (χ3n) is 7.40. The summed E-state index contributed by atoms with van der Waals surface area (Å²) in [7, 11) is 0. The van der Waals surface area contributed by atoms with Crippen LogP contribution < -0.4 is 21.1 Å². The van der Waals surface area contributed by atoms with Crippen LogP contribution in [0.3, 0.4) is 0 Å². The van der Waals surface area contributed by atoms with Gasteiger partial charge in [-0.3, -0.25) is 14.4 Å². The van der Waals surface area contributed by atoms with Crippen molar-refractivity contribution in [1.82, 2.24) is 9.88 Å². The van der Waals surface area contributed by atoms with Crippen molar-refractivity contribution >= 4 is 34.9 Å². The fourth-order valence-electron chi connectivity index (χ4n) is 5.20. The van der Waals surface area contributed by atoms with E-state index in [1.807, 2.05) is 18.2 Å². The van der Waals surface area contributed by atoms with Crippen molar-refractivity contribution in [3.8, 4) is 5.75 Å². The number of amides is 3. The fraction of sp³-hybridized carbons (Fsp3) is 0.440. The van der Waals surface area contributed by atoms with E-state index in [2.05, 4.69) is 22.5 Å². The van der Waals surface area contributed by atoms with Gasteiger partial charge in [0.2, 0.25) is 0 Å². The molecule has 1 saturated heterocycles. The Morgan fingerprint density at radius 2 is 2.03 bits per heavy atom. The van der Waals surface area contributed by atoms with E-state index in [0.717, 1.165) is 36.0 Å². The van der Waals surface area contributed by atoms with Crippen LogP contribution in [-0.2, 0) is 32.3 Å². The Bertz CT molecular complexity index is 1260. The maximum absolute atomic E-state index is 13.4. The van der Waals surface area contributed by atoms with Crippen molar-refractivity contribution in [2.75, 3.05) is 22.9 Å². The topological polar surface area (TPSA) is 136 Å². The molecule has 1 unspecified atom stereocenters. The zero-order chi connectivity index (χ0) is 24.3. The molecule has 4 N–H and O–H groups in total. The first kappa shape index (κ1) is 21.8. The Morgan fingerprint density at radius 3 is 2.83 bits per heavy atom. The summed E-state index contributed by atoms with van der Waals surface area (Å²) in [6, 6.07) is 5.32. The van der Waals surface area contributed by atoms with Crippen molar-refractivity contribution < 1.29 is 23.9 Å². The van der Waals surface area contributed by atoms with Crippen LogP contribution in [-0.4, -0.2) is 39.8 Å². The molecule has 2 aromatic rings. The minimum absolute atomic E-state index is 0.125. The number of nitrogens with two attached hydrogens (primary N) is 1. The molecule has 1 aliphatic carbocycles. The SMILES string of the molecule is C[C@H]1CCC(c2ccc3c(c2)NC(=O)C2(CC2)O3)N(C(=O)C(=O)Nc2cnc(N)c3c2COC3)C1. The van der Waals surface area contributed by atoms with E-state index in [0.29, 0.717) is 49.1 Å². The van der Waals surface area contributed by atoms with E-state index in [-0.39, 0.29) is 17.9 Å². The minimum Gasteiger partial charge on any atom is -0.475 e. The average molecular weight is 478 g/mol. The van der Waals surface area contributed by atoms with E-state index in [9.17, 15) is 14.4 Å². The van der Waals surface area contributed by atoms with E-state index >= 15 is 0 Å². The summed E-state index contributed by atoms with van der Waals surface area (Å²) in [5.41, 5.74) is 8.59. The number of fused-ring (bicyclic) bond motifs is 2. The molecule has 2 atom stereocenters. The first-order chi connectivity index (χ1) is 16.8. The molecule has 0 bridgehead atoms. The van der Waals surface area contributed by atoms with Crippen LogP contribution in [0.2, 0.25) is 0 Å². The van der Waals surface area contributed by atoms with Gasteiger partial charge in [0.25, 0.3) is 5.91 Å². The summed E-state index contributed by atoms with van der Waals surface area (Å²) in [4.78, 5) is 44.6. The molecule has 1 aromatic carbocycles. The molecular formula is C25H27N5O5. The van der Waals surface area contributed by atoms with Gasteiger partial charge >= 0.3 is 11.8 Å². The van der Waals surface area contributed by atoms with Gasteiger partial charge in [-0.25, -0.2) is 4.98 Å². The number of rotatable bonds is 2. The van der Waals surface area contributed by atoms with Gasteiger partial charge in [0.05, 0.1) is 36.8 Å². The molecule has 10 nitrogen and oxygen atoms in total. The lowest BCUT2D eigenvalue weighted by atomic mass is 9.89. The maximum atomic E-state index is 13.4. The molecule has 1 aromatic heterocycles. The fourth-order valence-corrected chi connectivity index (χ4v) is 5.20. The maximum Gasteiger partial charge on any atom is 0.313 e. The van der Waals surface area contributed by atoms with Crippen LogP contribution in [0.4, 0.5) is 17.2 Å². The Labute approximate surface area is 202 Å². The van der Waals surface area contributed by atoms with Gasteiger partial charge in [0, 0.05) is 30.5 Å². The summed E-state index contributed by atoms with van der Waals surface area (Å²) < 4.78 is 11.4. The van der Waals surface area contributed by atoms with Crippen molar-refractivity contribution in [3.05, 3.63) is 41.1 Å². The lowest BCUT2D eigenvalue weighted by Gasteiger charge is -2.39. The first-order valence-electron chi connectivity index (χ1n) is 11.9. The summed E-state index contributed by atoms with van der Waals surface area (Å²) in [5, 5.41) is 5.67. The molecule has 1 saturated carbocycles. The number of pyridine rings is 1. The molecule has 182 valence electrons. The van der Waals surface area contributed by atoms with Crippen LogP contribution in [0.5, 0.6) is 5.75 Å². The second kappa shape index (κ2) is 7.94. The molecule has 3 amide bonds. The number of likely N-dealkylation sites (tertiary alicyclic amines) is 1. The lowest BCUT2D eigenvalue weighted by Crippen LogP contribution is -2.46. The quantitative estimate of drug-likeness (QED) is 0.566. The zero-order valence-corrected chi connectivity index (χ0v) is 19.4. The number of anilines is 3. The lowest BCUT2D eigenvalue weighted by molar-refractivity contribution is -0.146. The molecule has 4 heterocycles. The third-order valence-corrected chi connectivity index (χ3v) is 7.40. The standard InChI is InChI=1S/C25H27N5O5/c1-13-2-4-19(14-3-5-20-17(8-14)29-24(33)25(35-20)6-7-25)30(10-13)23(32)22(31)28-18-9-27-21(26)16-12-34-11-15(16)18/h3,5,8-9,13,19H,2,4,6-7,10-12H2,1H3,(H2,26,27)(H,28,31)(H,29,33)/t13-,19?/m0/s1. The van der Waals surface area contributed by atoms with Gasteiger partial charge in [-0.05, 0) is 36.5 Å². The van der Waals surface area contributed by atoms with Gasteiger partial charge in [0.1, 0.15) is 11.6 Å². The van der Waals surface area contributed by atoms with Crippen LogP contribution in [0.15, 0.2) is 24.4 Å². The van der Waals surface area contributed by atoms with Gasteiger partial charge in [-0.1, -0.05) is 13.0 Å². The van der Waals surface area contributed by atoms with E-state index < -0.39 is 17.4 Å². The van der Waals surface area contributed by atoms with E-state index in [1.165, 1.54) is 6.20 Å². The van der Waals surface area contributed by atoms with Crippen LogP contribution in [0, 0.1) is 5.92 Å². The summed E-state index contributed by atoms with van der Waals surface area (Å²) in [6.45, 7) is 3.16. The number of hydrogen-bond acceptors (Lipinski definition) is 7. The van der Waals surface area contributed by atoms with Crippen molar-refractivity contribution in [2.24, 2.45) is 5.92 Å². The molecule has 0 radical (unpaired) electrons. The first-order valence-corrected chi connectivity index (χ1v) is 11.9. The number of benzene rings is 1. The zero-order valence-electron chi connectivity index (χ0n) is 19.4. The minimum atomic E-state index is -0.727. The number of hydrogen-bond donors (Lipinski definition) is 3. The monoisotopic (exact) mass is 477 g/mol. The summed E-state index contributed by atoms with van der Waals surface area (Å²) in [6.07, 6.45) is 4.53. The van der Waals surface area contributed by atoms with Gasteiger partial charge in [-0.2, -0.15) is 0 Å². The number of ether oxygens (including phenoxy) is 2. The van der Waals surface area contributed by atoms with Gasteiger partial charge < -0.3 is 30.7 Å². The second-order valence-electron chi connectivity index (χ2n) is 9.92. The Kier molecular flexibility index (Phi) is 4.96. The number of nitrogens with one attached hydrogen (secondary N) is 2. The highest BCUT2D eigenvalue weighted by molar-refractivity contribution is 6.39. The van der Waals surface area contributed by atoms with Crippen molar-refractivity contribution in [3.63, 3.8) is 0 Å². The van der Waals surface area contributed by atoms with Crippen molar-refractivity contribution in [1.29, 1.82) is 0 Å². The van der Waals surface area contributed by atoms with Crippen LogP contribution in [0.25, 0.3) is 0 Å². The van der Waals surface area contributed by atoms with Gasteiger partial charge in [0.15, 0.2) is 5.60 Å². The number of carbonyl (C=O) groups is 3. The predicted octanol–water partition coefficient (Wildman–Crippen LogP) is 2.50. The normalized spacial score (nSPS) is 23.7. The molecule has 2 fully saturated rings. The number of nitrogens with zero attached hydrogens (tertiary/aromatic N) is 2. The molecule has 4 aliphatic rings. The Balaban J connectivity index is 1.24. The number of nitrogen functional groups attached to an aromatic ring is 1. The molecule has 3 aliphatic heterocycles. The summed E-state index contributed by atoms with van der Waals surface area (Å²) >= 11 is 0. The van der Waals surface area contributed by atoms with E-state index in [1.54, 1.807) is 4.90 Å².